The first-order valence-corrected chi connectivity index (χ1v) is 8.37. The minimum absolute atomic E-state index is 0.0701. The van der Waals surface area contributed by atoms with Crippen molar-refractivity contribution >= 4 is 11.6 Å². The van der Waals surface area contributed by atoms with Gasteiger partial charge in [0.05, 0.1) is 17.6 Å². The number of amides is 1. The zero-order valence-electron chi connectivity index (χ0n) is 14.0. The summed E-state index contributed by atoms with van der Waals surface area (Å²) in [6, 6.07) is 14.0. The molecule has 6 heteroatoms. The standard InChI is InChI=1S/C19H20N2O4/c1-2-25-17-11-10-15(12-16(17)21(23)24)19(22)20-18(14-8-9-14)13-6-4-3-5-7-13/h3-7,10-12,14,18H,2,8-9H2,1H3,(H,20,22). The maximum atomic E-state index is 12.6. The Hall–Kier alpha value is -2.89. The molecule has 1 atom stereocenters. The molecule has 0 radical (unpaired) electrons. The Morgan fingerprint density at radius 3 is 2.60 bits per heavy atom. The van der Waals surface area contributed by atoms with E-state index in [1.165, 1.54) is 12.1 Å². The Balaban J connectivity index is 1.82. The van der Waals surface area contributed by atoms with Crippen molar-refractivity contribution in [1.82, 2.24) is 5.32 Å². The Labute approximate surface area is 146 Å². The average Bonchev–Trinajstić information content (AvgIpc) is 3.45. The number of nitro benzene ring substituents is 1. The van der Waals surface area contributed by atoms with E-state index < -0.39 is 4.92 Å². The van der Waals surface area contributed by atoms with E-state index in [1.54, 1.807) is 13.0 Å². The summed E-state index contributed by atoms with van der Waals surface area (Å²) >= 11 is 0. The highest BCUT2D eigenvalue weighted by Gasteiger charge is 2.33. The minimum Gasteiger partial charge on any atom is -0.487 e. The SMILES string of the molecule is CCOc1ccc(C(=O)NC(c2ccccc2)C2CC2)cc1[N+](=O)[O-]. The van der Waals surface area contributed by atoms with Crippen LogP contribution in [0.4, 0.5) is 5.69 Å². The van der Waals surface area contributed by atoms with E-state index in [9.17, 15) is 14.9 Å². The molecule has 1 N–H and O–H groups in total. The first kappa shape index (κ1) is 17.0. The van der Waals surface area contributed by atoms with Crippen LogP contribution in [0.1, 0.15) is 41.7 Å². The van der Waals surface area contributed by atoms with Crippen molar-refractivity contribution in [3.05, 3.63) is 69.8 Å². The molecule has 25 heavy (non-hydrogen) atoms. The lowest BCUT2D eigenvalue weighted by Crippen LogP contribution is -2.29. The molecule has 0 aliphatic heterocycles. The number of nitro groups is 1. The average molecular weight is 340 g/mol. The molecule has 1 unspecified atom stereocenters. The third-order valence-corrected chi connectivity index (χ3v) is 4.26. The quantitative estimate of drug-likeness (QED) is 0.613. The topological polar surface area (TPSA) is 81.5 Å². The van der Waals surface area contributed by atoms with Gasteiger partial charge in [-0.2, -0.15) is 0 Å². The first-order valence-electron chi connectivity index (χ1n) is 8.37. The number of ether oxygens (including phenoxy) is 1. The van der Waals surface area contributed by atoms with Gasteiger partial charge in [0.15, 0.2) is 5.75 Å². The van der Waals surface area contributed by atoms with Crippen molar-refractivity contribution in [1.29, 1.82) is 0 Å². The van der Waals surface area contributed by atoms with E-state index in [-0.39, 0.29) is 28.9 Å². The zero-order valence-corrected chi connectivity index (χ0v) is 14.0. The van der Waals surface area contributed by atoms with Gasteiger partial charge in [-0.1, -0.05) is 30.3 Å². The van der Waals surface area contributed by atoms with Crippen LogP contribution in [0.5, 0.6) is 5.75 Å². The number of nitrogens with zero attached hydrogens (tertiary/aromatic N) is 1. The Kier molecular flexibility index (Phi) is 4.97. The van der Waals surface area contributed by atoms with Gasteiger partial charge in [-0.3, -0.25) is 14.9 Å². The summed E-state index contributed by atoms with van der Waals surface area (Å²) < 4.78 is 5.26. The molecule has 1 fully saturated rings. The van der Waals surface area contributed by atoms with Crippen LogP contribution < -0.4 is 10.1 Å². The van der Waals surface area contributed by atoms with Gasteiger partial charge in [-0.15, -0.1) is 0 Å². The minimum atomic E-state index is -0.530. The lowest BCUT2D eigenvalue weighted by molar-refractivity contribution is -0.385. The molecule has 0 bridgehead atoms. The summed E-state index contributed by atoms with van der Waals surface area (Å²) in [4.78, 5) is 23.3. The molecular weight excluding hydrogens is 320 g/mol. The van der Waals surface area contributed by atoms with Gasteiger partial charge >= 0.3 is 5.69 Å². The third kappa shape index (κ3) is 3.96. The molecule has 2 aromatic carbocycles. The van der Waals surface area contributed by atoms with Gasteiger partial charge in [-0.25, -0.2) is 0 Å². The van der Waals surface area contributed by atoms with E-state index in [4.69, 9.17) is 4.74 Å². The largest absolute Gasteiger partial charge is 0.487 e. The molecule has 1 aliphatic rings. The first-order chi connectivity index (χ1) is 12.1. The maximum Gasteiger partial charge on any atom is 0.311 e. The molecule has 2 aromatic rings. The van der Waals surface area contributed by atoms with E-state index in [2.05, 4.69) is 5.32 Å². The fraction of sp³-hybridized carbons (Fsp3) is 0.316. The van der Waals surface area contributed by atoms with Crippen molar-refractivity contribution in [2.75, 3.05) is 6.61 Å². The predicted molar refractivity (Wildman–Crippen MR) is 93.6 cm³/mol. The highest BCUT2D eigenvalue weighted by atomic mass is 16.6. The zero-order chi connectivity index (χ0) is 17.8. The Morgan fingerprint density at radius 1 is 1.28 bits per heavy atom. The van der Waals surface area contributed by atoms with Crippen LogP contribution in [0.25, 0.3) is 0 Å². The van der Waals surface area contributed by atoms with E-state index in [0.29, 0.717) is 12.5 Å². The lowest BCUT2D eigenvalue weighted by Gasteiger charge is -2.19. The van der Waals surface area contributed by atoms with Gasteiger partial charge in [0, 0.05) is 11.6 Å². The number of carbonyl (C=O) groups is 1. The molecule has 1 amide bonds. The number of rotatable bonds is 7. The summed E-state index contributed by atoms with van der Waals surface area (Å²) in [5.41, 5.74) is 1.12. The molecule has 0 spiro atoms. The lowest BCUT2D eigenvalue weighted by atomic mass is 10.0. The number of hydrogen-bond donors (Lipinski definition) is 1. The number of nitrogens with one attached hydrogen (secondary N) is 1. The van der Waals surface area contributed by atoms with Crippen molar-refractivity contribution < 1.29 is 14.5 Å². The number of carbonyl (C=O) groups excluding carboxylic acids is 1. The second kappa shape index (κ2) is 7.34. The molecule has 0 aromatic heterocycles. The molecule has 0 saturated heterocycles. The highest BCUT2D eigenvalue weighted by molar-refractivity contribution is 5.95. The summed E-state index contributed by atoms with van der Waals surface area (Å²) in [6.45, 7) is 2.08. The molecule has 0 heterocycles. The Morgan fingerprint density at radius 2 is 2.00 bits per heavy atom. The van der Waals surface area contributed by atoms with Gasteiger partial charge in [0.1, 0.15) is 0 Å². The fourth-order valence-corrected chi connectivity index (χ4v) is 2.87. The van der Waals surface area contributed by atoms with Gasteiger partial charge in [0.25, 0.3) is 5.91 Å². The van der Waals surface area contributed by atoms with Crippen molar-refractivity contribution in [2.24, 2.45) is 5.92 Å². The second-order valence-corrected chi connectivity index (χ2v) is 6.07. The second-order valence-electron chi connectivity index (χ2n) is 6.07. The van der Waals surface area contributed by atoms with E-state index >= 15 is 0 Å². The van der Waals surface area contributed by atoms with Crippen LogP contribution in [0.2, 0.25) is 0 Å². The summed E-state index contributed by atoms with van der Waals surface area (Å²) in [7, 11) is 0. The monoisotopic (exact) mass is 340 g/mol. The molecule has 6 nitrogen and oxygen atoms in total. The van der Waals surface area contributed by atoms with Crippen LogP contribution in [-0.2, 0) is 0 Å². The fourth-order valence-electron chi connectivity index (χ4n) is 2.87. The summed E-state index contributed by atoms with van der Waals surface area (Å²) in [5.74, 6) is 0.279. The van der Waals surface area contributed by atoms with E-state index in [0.717, 1.165) is 18.4 Å². The van der Waals surface area contributed by atoms with Crippen LogP contribution >= 0.6 is 0 Å². The van der Waals surface area contributed by atoms with Crippen LogP contribution in [0, 0.1) is 16.0 Å². The highest BCUT2D eigenvalue weighted by Crippen LogP contribution is 2.41. The normalized spacial score (nSPS) is 14.6. The van der Waals surface area contributed by atoms with Crippen LogP contribution in [0.3, 0.4) is 0 Å². The maximum absolute atomic E-state index is 12.6. The molecule has 3 rings (SSSR count). The smallest absolute Gasteiger partial charge is 0.311 e. The number of hydrogen-bond acceptors (Lipinski definition) is 4. The van der Waals surface area contributed by atoms with Gasteiger partial charge in [0.2, 0.25) is 0 Å². The van der Waals surface area contributed by atoms with Crippen molar-refractivity contribution in [3.63, 3.8) is 0 Å². The van der Waals surface area contributed by atoms with Gasteiger partial charge in [-0.05, 0) is 43.4 Å². The third-order valence-electron chi connectivity index (χ3n) is 4.26. The van der Waals surface area contributed by atoms with Crippen LogP contribution in [-0.4, -0.2) is 17.4 Å². The Bertz CT molecular complexity index is 772. The van der Waals surface area contributed by atoms with Crippen molar-refractivity contribution in [2.45, 2.75) is 25.8 Å². The predicted octanol–water partition coefficient (Wildman–Crippen LogP) is 3.87. The number of benzene rings is 2. The molecule has 1 aliphatic carbocycles. The molecular formula is C19H20N2O4. The summed E-state index contributed by atoms with van der Waals surface area (Å²) in [6.07, 6.45) is 2.15. The van der Waals surface area contributed by atoms with Gasteiger partial charge < -0.3 is 10.1 Å². The van der Waals surface area contributed by atoms with E-state index in [1.807, 2.05) is 30.3 Å². The van der Waals surface area contributed by atoms with Crippen LogP contribution in [0.15, 0.2) is 48.5 Å². The van der Waals surface area contributed by atoms with Crippen molar-refractivity contribution in [3.8, 4) is 5.75 Å². The molecule has 130 valence electrons. The summed E-state index contributed by atoms with van der Waals surface area (Å²) in [5, 5.41) is 14.3. The molecule has 1 saturated carbocycles.